The van der Waals surface area contributed by atoms with E-state index in [1.165, 1.54) is 18.5 Å². The van der Waals surface area contributed by atoms with E-state index in [-0.39, 0.29) is 0 Å². The highest BCUT2D eigenvalue weighted by Gasteiger charge is 2.23. The topological polar surface area (TPSA) is 45.2 Å². The summed E-state index contributed by atoms with van der Waals surface area (Å²) in [6.45, 7) is 7.45. The fourth-order valence-electron chi connectivity index (χ4n) is 3.66. The molecule has 0 spiro atoms. The van der Waals surface area contributed by atoms with Crippen LogP contribution in [0.1, 0.15) is 43.4 Å². The first-order valence-electron chi connectivity index (χ1n) is 9.85. The lowest BCUT2D eigenvalue weighted by Crippen LogP contribution is -2.44. The van der Waals surface area contributed by atoms with Crippen LogP contribution in [0.15, 0.2) is 30.5 Å². The van der Waals surface area contributed by atoms with E-state index >= 15 is 0 Å². The lowest BCUT2D eigenvalue weighted by atomic mass is 10.0. The van der Waals surface area contributed by atoms with Gasteiger partial charge in [0.2, 0.25) is 0 Å². The molecule has 2 aromatic heterocycles. The van der Waals surface area contributed by atoms with E-state index in [9.17, 15) is 0 Å². The molecule has 1 fully saturated rings. The molecule has 0 saturated carbocycles. The Bertz CT molecular complexity index is 680. The summed E-state index contributed by atoms with van der Waals surface area (Å²) in [5, 5.41) is 0. The van der Waals surface area contributed by atoms with Crippen molar-refractivity contribution in [1.29, 1.82) is 0 Å². The van der Waals surface area contributed by atoms with Crippen molar-refractivity contribution in [2.75, 3.05) is 31.6 Å². The lowest BCUT2D eigenvalue weighted by molar-refractivity contribution is 0.209. The molecule has 1 aliphatic heterocycles. The minimum Gasteiger partial charge on any atom is -0.356 e. The summed E-state index contributed by atoms with van der Waals surface area (Å²) in [6, 6.07) is 8.93. The highest BCUT2D eigenvalue weighted by atomic mass is 15.2. The third kappa shape index (κ3) is 5.01. The van der Waals surface area contributed by atoms with Crippen molar-refractivity contribution in [3.8, 4) is 0 Å². The molecule has 0 unspecified atom stereocenters. The molecule has 0 atom stereocenters. The van der Waals surface area contributed by atoms with E-state index < -0.39 is 0 Å². The van der Waals surface area contributed by atoms with E-state index in [0.717, 1.165) is 56.2 Å². The van der Waals surface area contributed by atoms with Crippen molar-refractivity contribution in [1.82, 2.24) is 19.9 Å². The van der Waals surface area contributed by atoms with Gasteiger partial charge in [0.15, 0.2) is 0 Å². The number of likely N-dealkylation sites (N-methyl/N-ethyl adjacent to an activating group) is 1. The van der Waals surface area contributed by atoms with Gasteiger partial charge in [-0.15, -0.1) is 0 Å². The molecule has 140 valence electrons. The van der Waals surface area contributed by atoms with Crippen LogP contribution < -0.4 is 4.90 Å². The van der Waals surface area contributed by atoms with Crippen LogP contribution in [0.25, 0.3) is 0 Å². The Morgan fingerprint density at radius 2 is 1.96 bits per heavy atom. The second-order valence-corrected chi connectivity index (χ2v) is 7.30. The standard InChI is InChI=1S/C21H31N5/c1-4-7-20-23-17(2)16-21(24-20)26-14-10-19(11-15-26)25(3)13-9-18-8-5-6-12-22-18/h5-6,8,12,16,19H,4,7,9-11,13-15H2,1-3H3. The molecular weight excluding hydrogens is 322 g/mol. The predicted octanol–water partition coefficient (Wildman–Crippen LogP) is 3.28. The fraction of sp³-hybridized carbons (Fsp3) is 0.571. The van der Waals surface area contributed by atoms with Crippen LogP contribution in [-0.2, 0) is 12.8 Å². The molecule has 0 amide bonds. The number of rotatable bonds is 7. The highest BCUT2D eigenvalue weighted by Crippen LogP contribution is 2.21. The lowest BCUT2D eigenvalue weighted by Gasteiger charge is -2.37. The van der Waals surface area contributed by atoms with E-state index in [2.05, 4.69) is 58.9 Å². The number of nitrogens with zero attached hydrogens (tertiary/aromatic N) is 5. The van der Waals surface area contributed by atoms with Crippen LogP contribution in [-0.4, -0.2) is 52.6 Å². The van der Waals surface area contributed by atoms with Crippen molar-refractivity contribution < 1.29 is 0 Å². The predicted molar refractivity (Wildman–Crippen MR) is 107 cm³/mol. The van der Waals surface area contributed by atoms with Crippen LogP contribution in [0.2, 0.25) is 0 Å². The summed E-state index contributed by atoms with van der Waals surface area (Å²) in [5.74, 6) is 2.09. The second-order valence-electron chi connectivity index (χ2n) is 7.30. The molecule has 2 aromatic rings. The number of hydrogen-bond donors (Lipinski definition) is 0. The molecule has 5 nitrogen and oxygen atoms in total. The Morgan fingerprint density at radius 1 is 1.15 bits per heavy atom. The number of aromatic nitrogens is 3. The Hall–Kier alpha value is -2.01. The Kier molecular flexibility index (Phi) is 6.56. The van der Waals surface area contributed by atoms with Crippen LogP contribution in [0.3, 0.4) is 0 Å². The molecule has 0 radical (unpaired) electrons. The first-order valence-corrected chi connectivity index (χ1v) is 9.85. The Labute approximate surface area is 157 Å². The van der Waals surface area contributed by atoms with Crippen molar-refractivity contribution in [3.63, 3.8) is 0 Å². The smallest absolute Gasteiger partial charge is 0.132 e. The monoisotopic (exact) mass is 353 g/mol. The average molecular weight is 354 g/mol. The van der Waals surface area contributed by atoms with Gasteiger partial charge in [-0.2, -0.15) is 0 Å². The minimum atomic E-state index is 0.646. The fourth-order valence-corrected chi connectivity index (χ4v) is 3.66. The maximum absolute atomic E-state index is 4.79. The van der Waals surface area contributed by atoms with Gasteiger partial charge in [-0.3, -0.25) is 4.98 Å². The van der Waals surface area contributed by atoms with Gasteiger partial charge in [0.25, 0.3) is 0 Å². The first kappa shape index (κ1) is 18.8. The van der Waals surface area contributed by atoms with Crippen LogP contribution in [0.5, 0.6) is 0 Å². The molecule has 1 aliphatic rings. The second kappa shape index (κ2) is 9.08. The quantitative estimate of drug-likeness (QED) is 0.764. The van der Waals surface area contributed by atoms with Crippen LogP contribution in [0.4, 0.5) is 5.82 Å². The van der Waals surface area contributed by atoms with Crippen molar-refractivity contribution in [3.05, 3.63) is 47.7 Å². The first-order chi connectivity index (χ1) is 12.7. The summed E-state index contributed by atoms with van der Waals surface area (Å²) in [5.41, 5.74) is 2.25. The summed E-state index contributed by atoms with van der Waals surface area (Å²) in [7, 11) is 2.25. The van der Waals surface area contributed by atoms with E-state index in [1.807, 2.05) is 12.3 Å². The van der Waals surface area contributed by atoms with Gasteiger partial charge in [0.05, 0.1) is 0 Å². The molecule has 3 rings (SSSR count). The van der Waals surface area contributed by atoms with Gasteiger partial charge in [0, 0.05) is 62.2 Å². The molecule has 0 bridgehead atoms. The highest BCUT2D eigenvalue weighted by molar-refractivity contribution is 5.40. The molecular formula is C21H31N5. The number of pyridine rings is 1. The average Bonchev–Trinajstić information content (AvgIpc) is 2.67. The van der Waals surface area contributed by atoms with E-state index in [1.54, 1.807) is 0 Å². The van der Waals surface area contributed by atoms with Crippen LogP contribution >= 0.6 is 0 Å². The zero-order valence-electron chi connectivity index (χ0n) is 16.4. The summed E-state index contributed by atoms with van der Waals surface area (Å²) >= 11 is 0. The maximum atomic E-state index is 4.79. The van der Waals surface area contributed by atoms with Gasteiger partial charge in [-0.1, -0.05) is 13.0 Å². The Balaban J connectivity index is 1.52. The van der Waals surface area contributed by atoms with Gasteiger partial charge >= 0.3 is 0 Å². The van der Waals surface area contributed by atoms with E-state index in [4.69, 9.17) is 4.98 Å². The molecule has 0 N–H and O–H groups in total. The molecule has 0 aromatic carbocycles. The number of piperidine rings is 1. The van der Waals surface area contributed by atoms with Gasteiger partial charge in [0.1, 0.15) is 11.6 Å². The summed E-state index contributed by atoms with van der Waals surface area (Å²) < 4.78 is 0. The minimum absolute atomic E-state index is 0.646. The summed E-state index contributed by atoms with van der Waals surface area (Å²) in [4.78, 5) is 18.7. The molecule has 5 heteroatoms. The third-order valence-electron chi connectivity index (χ3n) is 5.22. The van der Waals surface area contributed by atoms with Gasteiger partial charge in [-0.25, -0.2) is 9.97 Å². The van der Waals surface area contributed by atoms with E-state index in [0.29, 0.717) is 6.04 Å². The maximum Gasteiger partial charge on any atom is 0.132 e. The number of hydrogen-bond acceptors (Lipinski definition) is 5. The third-order valence-corrected chi connectivity index (χ3v) is 5.22. The number of aryl methyl sites for hydroxylation is 2. The van der Waals surface area contributed by atoms with Gasteiger partial charge in [-0.05, 0) is 45.4 Å². The van der Waals surface area contributed by atoms with Crippen molar-refractivity contribution in [2.24, 2.45) is 0 Å². The Morgan fingerprint density at radius 3 is 2.65 bits per heavy atom. The SMILES string of the molecule is CCCc1nc(C)cc(N2CCC(N(C)CCc3ccccn3)CC2)n1. The van der Waals surface area contributed by atoms with Crippen molar-refractivity contribution >= 4 is 5.82 Å². The van der Waals surface area contributed by atoms with Crippen LogP contribution in [0, 0.1) is 6.92 Å². The zero-order chi connectivity index (χ0) is 18.4. The molecule has 26 heavy (non-hydrogen) atoms. The largest absolute Gasteiger partial charge is 0.356 e. The molecule has 1 saturated heterocycles. The normalized spacial score (nSPS) is 15.6. The summed E-state index contributed by atoms with van der Waals surface area (Å²) in [6.07, 6.45) is 7.32. The zero-order valence-corrected chi connectivity index (χ0v) is 16.4. The number of anilines is 1. The molecule has 0 aliphatic carbocycles. The van der Waals surface area contributed by atoms with Crippen molar-refractivity contribution in [2.45, 2.75) is 52.0 Å². The van der Waals surface area contributed by atoms with Gasteiger partial charge < -0.3 is 9.80 Å². The molecule has 3 heterocycles.